The number of nitrogens with one attached hydrogen (secondary N) is 1. The summed E-state index contributed by atoms with van der Waals surface area (Å²) in [5, 5.41) is 11.7. The number of hydrogen-bond acceptors (Lipinski definition) is 4. The number of aliphatic hydroxyl groups excluding tert-OH is 1. The molecular weight excluding hydrogens is 261 g/mol. The van der Waals surface area contributed by atoms with E-state index in [1.165, 1.54) is 18.2 Å². The van der Waals surface area contributed by atoms with Gasteiger partial charge in [-0.3, -0.25) is 4.79 Å². The first-order valence-electron chi connectivity index (χ1n) is 6.60. The number of anilines is 2. The van der Waals surface area contributed by atoms with Gasteiger partial charge in [0.05, 0.1) is 18.0 Å². The van der Waals surface area contributed by atoms with Gasteiger partial charge in [0.2, 0.25) is 5.91 Å². The minimum absolute atomic E-state index is 0.0748. The van der Waals surface area contributed by atoms with Gasteiger partial charge in [0, 0.05) is 12.5 Å². The smallest absolute Gasteiger partial charge is 0.224 e. The lowest BCUT2D eigenvalue weighted by atomic mass is 10.2. The van der Waals surface area contributed by atoms with Crippen molar-refractivity contribution in [3.05, 3.63) is 24.0 Å². The van der Waals surface area contributed by atoms with Gasteiger partial charge in [0.1, 0.15) is 5.82 Å². The number of hydrogen-bond donors (Lipinski definition) is 3. The monoisotopic (exact) mass is 283 g/mol. The third kappa shape index (κ3) is 5.14. The molecule has 0 saturated carbocycles. The Morgan fingerprint density at radius 2 is 2.25 bits per heavy atom. The van der Waals surface area contributed by atoms with Crippen molar-refractivity contribution >= 4 is 17.3 Å². The predicted octanol–water partition coefficient (Wildman–Crippen LogP) is 1.44. The molecule has 1 amide bonds. The number of amides is 1. The van der Waals surface area contributed by atoms with E-state index in [0.717, 1.165) is 0 Å². The lowest BCUT2D eigenvalue weighted by Crippen LogP contribution is -2.33. The molecular formula is C14H22FN3O2. The molecule has 0 aliphatic heterocycles. The van der Waals surface area contributed by atoms with Crippen molar-refractivity contribution in [1.29, 1.82) is 0 Å². The maximum absolute atomic E-state index is 12.9. The van der Waals surface area contributed by atoms with E-state index in [0.29, 0.717) is 25.1 Å². The third-order valence-corrected chi connectivity index (χ3v) is 3.22. The van der Waals surface area contributed by atoms with E-state index in [4.69, 9.17) is 10.8 Å². The van der Waals surface area contributed by atoms with Gasteiger partial charge in [-0.15, -0.1) is 0 Å². The Morgan fingerprint density at radius 3 is 2.85 bits per heavy atom. The first-order valence-corrected chi connectivity index (χ1v) is 6.60. The molecule has 0 aliphatic carbocycles. The predicted molar refractivity (Wildman–Crippen MR) is 77.9 cm³/mol. The largest absolute Gasteiger partial charge is 0.397 e. The van der Waals surface area contributed by atoms with Gasteiger partial charge in [-0.25, -0.2) is 4.39 Å². The summed E-state index contributed by atoms with van der Waals surface area (Å²) in [6.45, 7) is 2.72. The normalized spacial score (nSPS) is 12.4. The standard InChI is InChI=1S/C14H22FN3O2/c1-10(9-19)18(2)7-3-4-14(20)17-13-6-5-11(15)8-12(13)16/h5-6,8,10,19H,3-4,7,9,16H2,1-2H3,(H,17,20). The summed E-state index contributed by atoms with van der Waals surface area (Å²) in [6.07, 6.45) is 1.02. The summed E-state index contributed by atoms with van der Waals surface area (Å²) >= 11 is 0. The molecule has 0 bridgehead atoms. The van der Waals surface area contributed by atoms with Crippen molar-refractivity contribution in [3.63, 3.8) is 0 Å². The van der Waals surface area contributed by atoms with Gasteiger partial charge in [-0.1, -0.05) is 0 Å². The molecule has 0 fully saturated rings. The molecule has 1 aromatic rings. The fraction of sp³-hybridized carbons (Fsp3) is 0.500. The van der Waals surface area contributed by atoms with E-state index < -0.39 is 5.82 Å². The van der Waals surface area contributed by atoms with Crippen LogP contribution in [0, 0.1) is 5.82 Å². The highest BCUT2D eigenvalue weighted by Gasteiger charge is 2.09. The van der Waals surface area contributed by atoms with Gasteiger partial charge in [-0.05, 0) is 45.1 Å². The number of rotatable bonds is 7. The average Bonchev–Trinajstić information content (AvgIpc) is 2.41. The zero-order valence-corrected chi connectivity index (χ0v) is 11.9. The first-order chi connectivity index (χ1) is 9.43. The van der Waals surface area contributed by atoms with Crippen LogP contribution in [0.1, 0.15) is 19.8 Å². The lowest BCUT2D eigenvalue weighted by Gasteiger charge is -2.22. The topological polar surface area (TPSA) is 78.6 Å². The molecule has 6 heteroatoms. The maximum Gasteiger partial charge on any atom is 0.224 e. The minimum atomic E-state index is -0.430. The van der Waals surface area contributed by atoms with Gasteiger partial charge < -0.3 is 21.1 Å². The molecule has 0 aromatic heterocycles. The van der Waals surface area contributed by atoms with Crippen molar-refractivity contribution in [2.45, 2.75) is 25.8 Å². The Labute approximate surface area is 118 Å². The van der Waals surface area contributed by atoms with Crippen molar-refractivity contribution in [1.82, 2.24) is 4.90 Å². The van der Waals surface area contributed by atoms with Crippen LogP contribution >= 0.6 is 0 Å². The van der Waals surface area contributed by atoms with Crippen LogP contribution in [-0.2, 0) is 4.79 Å². The third-order valence-electron chi connectivity index (χ3n) is 3.22. The summed E-state index contributed by atoms with van der Waals surface area (Å²) < 4.78 is 12.9. The second kappa shape index (κ2) is 7.81. The molecule has 112 valence electrons. The highest BCUT2D eigenvalue weighted by atomic mass is 19.1. The van der Waals surface area contributed by atoms with Gasteiger partial charge >= 0.3 is 0 Å². The molecule has 0 radical (unpaired) electrons. The molecule has 0 saturated heterocycles. The summed E-state index contributed by atoms with van der Waals surface area (Å²) in [5.74, 6) is -0.589. The van der Waals surface area contributed by atoms with Crippen LogP contribution in [0.4, 0.5) is 15.8 Å². The van der Waals surface area contributed by atoms with Gasteiger partial charge in [0.15, 0.2) is 0 Å². The zero-order chi connectivity index (χ0) is 15.1. The van der Waals surface area contributed by atoms with Crippen LogP contribution in [0.3, 0.4) is 0 Å². The molecule has 0 aliphatic rings. The summed E-state index contributed by atoms with van der Waals surface area (Å²) in [5.41, 5.74) is 6.25. The summed E-state index contributed by atoms with van der Waals surface area (Å²) in [7, 11) is 1.90. The SMILES string of the molecule is CC(CO)N(C)CCCC(=O)Nc1ccc(F)cc1N. The molecule has 5 nitrogen and oxygen atoms in total. The maximum atomic E-state index is 12.9. The number of halogens is 1. The summed E-state index contributed by atoms with van der Waals surface area (Å²) in [4.78, 5) is 13.7. The molecule has 0 heterocycles. The molecule has 0 spiro atoms. The van der Waals surface area contributed by atoms with Crippen LogP contribution in [0.2, 0.25) is 0 Å². The van der Waals surface area contributed by atoms with E-state index in [1.54, 1.807) is 0 Å². The second-order valence-corrected chi connectivity index (χ2v) is 4.90. The quantitative estimate of drug-likeness (QED) is 0.662. The number of carbonyl (C=O) groups excluding carboxylic acids is 1. The van der Waals surface area contributed by atoms with Crippen molar-refractivity contribution < 1.29 is 14.3 Å². The Bertz CT molecular complexity index is 454. The lowest BCUT2D eigenvalue weighted by molar-refractivity contribution is -0.116. The number of aliphatic hydroxyl groups is 1. The van der Waals surface area contributed by atoms with Crippen LogP contribution in [-0.4, -0.2) is 42.2 Å². The highest BCUT2D eigenvalue weighted by Crippen LogP contribution is 2.19. The molecule has 1 atom stereocenters. The van der Waals surface area contributed by atoms with E-state index in [9.17, 15) is 9.18 Å². The van der Waals surface area contributed by atoms with Crippen molar-refractivity contribution in [3.8, 4) is 0 Å². The van der Waals surface area contributed by atoms with Crippen molar-refractivity contribution in [2.24, 2.45) is 0 Å². The number of benzene rings is 1. The van der Waals surface area contributed by atoms with Crippen LogP contribution in [0.5, 0.6) is 0 Å². The number of nitrogens with two attached hydrogens (primary N) is 1. The van der Waals surface area contributed by atoms with Crippen LogP contribution in [0.25, 0.3) is 0 Å². The van der Waals surface area contributed by atoms with E-state index in [-0.39, 0.29) is 24.2 Å². The molecule has 4 N–H and O–H groups in total. The number of likely N-dealkylation sites (N-methyl/N-ethyl adjacent to an activating group) is 1. The molecule has 20 heavy (non-hydrogen) atoms. The Kier molecular flexibility index (Phi) is 6.41. The Morgan fingerprint density at radius 1 is 1.55 bits per heavy atom. The molecule has 1 rings (SSSR count). The fourth-order valence-corrected chi connectivity index (χ4v) is 1.71. The van der Waals surface area contributed by atoms with E-state index >= 15 is 0 Å². The number of carbonyl (C=O) groups is 1. The van der Waals surface area contributed by atoms with Crippen molar-refractivity contribution in [2.75, 3.05) is 31.2 Å². The fourth-order valence-electron chi connectivity index (χ4n) is 1.71. The van der Waals surface area contributed by atoms with Gasteiger partial charge in [-0.2, -0.15) is 0 Å². The molecule has 1 aromatic carbocycles. The van der Waals surface area contributed by atoms with Crippen LogP contribution in [0.15, 0.2) is 18.2 Å². The molecule has 1 unspecified atom stereocenters. The highest BCUT2D eigenvalue weighted by molar-refractivity contribution is 5.93. The van der Waals surface area contributed by atoms with Gasteiger partial charge in [0.25, 0.3) is 0 Å². The van der Waals surface area contributed by atoms with E-state index in [2.05, 4.69) is 5.32 Å². The zero-order valence-electron chi connectivity index (χ0n) is 11.9. The minimum Gasteiger partial charge on any atom is -0.397 e. The van der Waals surface area contributed by atoms with E-state index in [1.807, 2.05) is 18.9 Å². The van der Waals surface area contributed by atoms with Crippen LogP contribution < -0.4 is 11.1 Å². The summed E-state index contributed by atoms with van der Waals surface area (Å²) in [6, 6.07) is 3.95. The second-order valence-electron chi connectivity index (χ2n) is 4.90. The Balaban J connectivity index is 2.37. The number of nitrogen functional groups attached to an aromatic ring is 1. The average molecular weight is 283 g/mol. The Hall–Kier alpha value is -1.66. The number of nitrogens with zero attached hydrogens (tertiary/aromatic N) is 1. The first kappa shape index (κ1) is 16.4.